The number of thiophene rings is 1. The molecule has 1 aliphatic rings. The molecule has 3 aromatic heterocycles. The molecule has 0 spiro atoms. The fourth-order valence-corrected chi connectivity index (χ4v) is 10.0. The van der Waals surface area contributed by atoms with Crippen LogP contribution < -0.4 is 0 Å². The molecule has 0 atom stereocenters. The van der Waals surface area contributed by atoms with Crippen LogP contribution in [0.1, 0.15) is 25.0 Å². The van der Waals surface area contributed by atoms with Crippen LogP contribution in [0.4, 0.5) is 0 Å². The Morgan fingerprint density at radius 2 is 1.06 bits per heavy atom. The topological polar surface area (TPSA) is 9.86 Å². The number of fused-ring (bicyclic) bond motifs is 15. The van der Waals surface area contributed by atoms with E-state index in [1.165, 1.54) is 97.4 Å². The number of hydrogen-bond acceptors (Lipinski definition) is 1. The van der Waals surface area contributed by atoms with Crippen molar-refractivity contribution in [1.82, 2.24) is 9.13 Å². The molecular weight excluding hydrogens is 601 g/mol. The van der Waals surface area contributed by atoms with E-state index in [-0.39, 0.29) is 5.41 Å². The van der Waals surface area contributed by atoms with Gasteiger partial charge in [0.2, 0.25) is 0 Å². The summed E-state index contributed by atoms with van der Waals surface area (Å²) in [6, 6.07) is 54.0. The first kappa shape index (κ1) is 26.4. The molecule has 7 aromatic carbocycles. The summed E-state index contributed by atoms with van der Waals surface area (Å²) in [4.78, 5) is 0. The van der Waals surface area contributed by atoms with Gasteiger partial charge in [0.25, 0.3) is 0 Å². The van der Waals surface area contributed by atoms with Gasteiger partial charge in [0.05, 0.1) is 22.1 Å². The monoisotopic (exact) mass is 630 g/mol. The molecule has 0 fully saturated rings. The van der Waals surface area contributed by atoms with Crippen LogP contribution in [-0.2, 0) is 5.41 Å². The number of aromatic nitrogens is 2. The van der Waals surface area contributed by atoms with Crippen molar-refractivity contribution >= 4 is 75.1 Å². The summed E-state index contributed by atoms with van der Waals surface area (Å²) >= 11 is 1.88. The Kier molecular flexibility index (Phi) is 5.09. The van der Waals surface area contributed by atoms with Gasteiger partial charge in [-0.05, 0) is 65.2 Å². The maximum atomic E-state index is 2.57. The van der Waals surface area contributed by atoms with Gasteiger partial charge in [-0.25, -0.2) is 0 Å². The van der Waals surface area contributed by atoms with Gasteiger partial charge >= 0.3 is 0 Å². The highest BCUT2D eigenvalue weighted by Crippen LogP contribution is 2.58. The molecule has 0 amide bonds. The number of para-hydroxylation sites is 3. The molecule has 11 rings (SSSR count). The largest absolute Gasteiger partial charge is 0.309 e. The Morgan fingerprint density at radius 1 is 0.479 bits per heavy atom. The van der Waals surface area contributed by atoms with Crippen LogP contribution in [0.15, 0.2) is 146 Å². The van der Waals surface area contributed by atoms with E-state index in [2.05, 4.69) is 169 Å². The molecule has 0 aliphatic heterocycles. The van der Waals surface area contributed by atoms with Crippen LogP contribution in [0.25, 0.3) is 86.3 Å². The van der Waals surface area contributed by atoms with Crippen molar-refractivity contribution < 1.29 is 0 Å². The Labute approximate surface area is 281 Å². The van der Waals surface area contributed by atoms with Gasteiger partial charge in [-0.2, -0.15) is 0 Å². The number of rotatable bonds is 2. The molecule has 2 nitrogen and oxygen atoms in total. The molecule has 0 saturated heterocycles. The second-order valence-corrected chi connectivity index (χ2v) is 14.8. The maximum absolute atomic E-state index is 2.57. The highest BCUT2D eigenvalue weighted by molar-refractivity contribution is 7.25. The second kappa shape index (κ2) is 9.25. The molecule has 3 heteroatoms. The van der Waals surface area contributed by atoms with Crippen molar-refractivity contribution in [3.8, 4) is 22.5 Å². The SMILES string of the molecule is CC1(C)c2ccccc2-c2c1c1c(c3ccccc3n1-c1ccccc1)c1c3ccccc3n(-c3ccc4sc5ccccc5c4c3)c21. The quantitative estimate of drug-likeness (QED) is 0.180. The molecule has 0 bridgehead atoms. The maximum Gasteiger partial charge on any atom is 0.0630 e. The Balaban J connectivity index is 1.43. The molecule has 226 valence electrons. The number of hydrogen-bond donors (Lipinski definition) is 0. The lowest BCUT2D eigenvalue weighted by Gasteiger charge is -2.24. The van der Waals surface area contributed by atoms with Gasteiger partial charge in [0.15, 0.2) is 0 Å². The van der Waals surface area contributed by atoms with Gasteiger partial charge in [0.1, 0.15) is 0 Å². The summed E-state index contributed by atoms with van der Waals surface area (Å²) < 4.78 is 7.76. The first-order valence-electron chi connectivity index (χ1n) is 16.7. The van der Waals surface area contributed by atoms with Crippen LogP contribution in [0.2, 0.25) is 0 Å². The first-order valence-corrected chi connectivity index (χ1v) is 17.5. The average Bonchev–Trinajstić information content (AvgIpc) is 3.84. The normalized spacial score (nSPS) is 13.8. The van der Waals surface area contributed by atoms with Crippen molar-refractivity contribution in [2.75, 3.05) is 0 Å². The van der Waals surface area contributed by atoms with Crippen molar-refractivity contribution in [3.05, 3.63) is 157 Å². The van der Waals surface area contributed by atoms with Crippen LogP contribution in [0, 0.1) is 0 Å². The van der Waals surface area contributed by atoms with Gasteiger partial charge in [0, 0.05) is 64.1 Å². The van der Waals surface area contributed by atoms with Crippen LogP contribution >= 0.6 is 11.3 Å². The molecular formula is C45H30N2S. The predicted octanol–water partition coefficient (Wildman–Crippen LogP) is 12.6. The molecule has 0 N–H and O–H groups in total. The van der Waals surface area contributed by atoms with Gasteiger partial charge in [-0.15, -0.1) is 11.3 Å². The molecule has 0 saturated carbocycles. The van der Waals surface area contributed by atoms with E-state index >= 15 is 0 Å². The summed E-state index contributed by atoms with van der Waals surface area (Å²) in [7, 11) is 0. The molecule has 0 unspecified atom stereocenters. The zero-order valence-corrected chi connectivity index (χ0v) is 27.5. The summed E-state index contributed by atoms with van der Waals surface area (Å²) in [5.74, 6) is 0. The zero-order valence-electron chi connectivity index (χ0n) is 26.7. The predicted molar refractivity (Wildman–Crippen MR) is 206 cm³/mol. The van der Waals surface area contributed by atoms with E-state index in [9.17, 15) is 0 Å². The number of benzene rings is 7. The van der Waals surface area contributed by atoms with E-state index in [4.69, 9.17) is 0 Å². The molecule has 48 heavy (non-hydrogen) atoms. The third kappa shape index (κ3) is 3.22. The molecule has 3 heterocycles. The fourth-order valence-electron chi connectivity index (χ4n) is 8.91. The van der Waals surface area contributed by atoms with E-state index in [0.29, 0.717) is 0 Å². The molecule has 0 radical (unpaired) electrons. The second-order valence-electron chi connectivity index (χ2n) is 13.7. The summed E-state index contributed by atoms with van der Waals surface area (Å²) in [6.45, 7) is 4.85. The van der Waals surface area contributed by atoms with E-state index < -0.39 is 0 Å². The van der Waals surface area contributed by atoms with Crippen LogP contribution in [0.5, 0.6) is 0 Å². The number of nitrogens with zero attached hydrogens (tertiary/aromatic N) is 2. The van der Waals surface area contributed by atoms with Crippen molar-refractivity contribution in [2.24, 2.45) is 0 Å². The van der Waals surface area contributed by atoms with Gasteiger partial charge < -0.3 is 9.13 Å². The highest BCUT2D eigenvalue weighted by Gasteiger charge is 2.41. The summed E-state index contributed by atoms with van der Waals surface area (Å²) in [5.41, 5.74) is 12.7. The lowest BCUT2D eigenvalue weighted by atomic mass is 9.81. The van der Waals surface area contributed by atoms with Crippen molar-refractivity contribution in [3.63, 3.8) is 0 Å². The highest BCUT2D eigenvalue weighted by atomic mass is 32.1. The standard InChI is InChI=1S/C45H30N2S/c1-45(2)34-20-10-6-17-30(34)41-42(45)44-40(32-19-8-11-21-35(32)46(44)27-14-4-3-5-15-27)39-31-18-7-12-22-36(31)47(43(39)41)28-24-25-38-33(26-28)29-16-9-13-23-37(29)48-38/h3-26H,1-2H3. The third-order valence-electron chi connectivity index (χ3n) is 10.9. The lowest BCUT2D eigenvalue weighted by Crippen LogP contribution is -2.16. The van der Waals surface area contributed by atoms with Crippen molar-refractivity contribution in [1.29, 1.82) is 0 Å². The summed E-state index contributed by atoms with van der Waals surface area (Å²) in [5, 5.41) is 7.88. The van der Waals surface area contributed by atoms with E-state index in [1.807, 2.05) is 11.3 Å². The zero-order chi connectivity index (χ0) is 31.7. The Hall–Kier alpha value is -5.64. The van der Waals surface area contributed by atoms with Crippen LogP contribution in [0.3, 0.4) is 0 Å². The van der Waals surface area contributed by atoms with Crippen LogP contribution in [-0.4, -0.2) is 9.13 Å². The minimum Gasteiger partial charge on any atom is -0.309 e. The molecule has 1 aliphatic carbocycles. The summed E-state index contributed by atoms with van der Waals surface area (Å²) in [6.07, 6.45) is 0. The lowest BCUT2D eigenvalue weighted by molar-refractivity contribution is 0.664. The fraction of sp³-hybridized carbons (Fsp3) is 0.0667. The van der Waals surface area contributed by atoms with E-state index in [0.717, 1.165) is 0 Å². The molecule has 10 aromatic rings. The van der Waals surface area contributed by atoms with Crippen molar-refractivity contribution in [2.45, 2.75) is 19.3 Å². The average molecular weight is 631 g/mol. The Bertz CT molecular complexity index is 2970. The van der Waals surface area contributed by atoms with Gasteiger partial charge in [-0.3, -0.25) is 0 Å². The Morgan fingerprint density at radius 3 is 1.83 bits per heavy atom. The third-order valence-corrected chi connectivity index (χ3v) is 12.0. The minimum atomic E-state index is -0.214. The smallest absolute Gasteiger partial charge is 0.0630 e. The van der Waals surface area contributed by atoms with Gasteiger partial charge in [-0.1, -0.05) is 111 Å². The first-order chi connectivity index (χ1) is 23.6. The minimum absolute atomic E-state index is 0.214. The van der Waals surface area contributed by atoms with E-state index in [1.54, 1.807) is 0 Å².